The van der Waals surface area contributed by atoms with Crippen LogP contribution in [0, 0.1) is 13.8 Å². The first-order chi connectivity index (χ1) is 15.3. The van der Waals surface area contributed by atoms with Crippen LogP contribution in [0.3, 0.4) is 0 Å². The van der Waals surface area contributed by atoms with Gasteiger partial charge in [0.1, 0.15) is 22.9 Å². The van der Waals surface area contributed by atoms with Gasteiger partial charge in [-0.25, -0.2) is 9.97 Å². The number of aromatic nitrogens is 2. The van der Waals surface area contributed by atoms with Gasteiger partial charge in [-0.05, 0) is 38.8 Å². The highest BCUT2D eigenvalue weighted by molar-refractivity contribution is 5.99. The summed E-state index contributed by atoms with van der Waals surface area (Å²) in [7, 11) is 6.58. The number of aryl methyl sites for hydroxylation is 2. The lowest BCUT2D eigenvalue weighted by molar-refractivity contribution is -0.128. The van der Waals surface area contributed by atoms with E-state index in [0.717, 1.165) is 35.6 Å². The number of piperidine rings is 1. The molecule has 172 valence electrons. The fraction of sp³-hybridized carbons (Fsp3) is 0.500. The average molecular weight is 441 g/mol. The number of amides is 2. The summed E-state index contributed by atoms with van der Waals surface area (Å²) in [4.78, 5) is 38.4. The molecule has 1 aromatic carbocycles. The minimum Gasteiger partial charge on any atom is -0.496 e. The maximum Gasteiger partial charge on any atom is 0.261 e. The van der Waals surface area contributed by atoms with Crippen molar-refractivity contribution in [3.05, 3.63) is 46.5 Å². The Morgan fingerprint density at radius 2 is 1.69 bits per heavy atom. The topological polar surface area (TPSA) is 84.9 Å². The van der Waals surface area contributed by atoms with Crippen molar-refractivity contribution in [1.29, 1.82) is 0 Å². The standard InChI is InChI=1S/C24H32N4O4/c1-15-18(13-21(29)27(3)4)16(2)26-23(25-15)17-9-8-12-28(14-17)24(30)22-19(31-5)10-7-11-20(22)32-6/h7,10-11,17H,8-9,12-14H2,1-6H3. The summed E-state index contributed by atoms with van der Waals surface area (Å²) in [6.45, 7) is 5.02. The van der Waals surface area contributed by atoms with Crippen molar-refractivity contribution in [2.24, 2.45) is 0 Å². The maximum absolute atomic E-state index is 13.4. The van der Waals surface area contributed by atoms with Gasteiger partial charge in [0.05, 0.1) is 20.6 Å². The number of rotatable bonds is 6. The van der Waals surface area contributed by atoms with Crippen LogP contribution in [0.25, 0.3) is 0 Å². The number of benzene rings is 1. The van der Waals surface area contributed by atoms with E-state index in [1.807, 2.05) is 18.7 Å². The molecule has 0 aliphatic carbocycles. The second-order valence-electron chi connectivity index (χ2n) is 8.32. The molecule has 0 bridgehead atoms. The molecule has 2 amide bonds. The van der Waals surface area contributed by atoms with Crippen LogP contribution in [-0.2, 0) is 11.2 Å². The fourth-order valence-electron chi connectivity index (χ4n) is 4.11. The van der Waals surface area contributed by atoms with Gasteiger partial charge in [-0.2, -0.15) is 0 Å². The summed E-state index contributed by atoms with van der Waals surface area (Å²) in [6.07, 6.45) is 2.05. The normalized spacial score (nSPS) is 15.9. The largest absolute Gasteiger partial charge is 0.496 e. The smallest absolute Gasteiger partial charge is 0.261 e. The van der Waals surface area contributed by atoms with E-state index < -0.39 is 0 Å². The van der Waals surface area contributed by atoms with Gasteiger partial charge >= 0.3 is 0 Å². The lowest BCUT2D eigenvalue weighted by Gasteiger charge is -2.33. The molecular formula is C24H32N4O4. The summed E-state index contributed by atoms with van der Waals surface area (Å²) in [6, 6.07) is 5.33. The van der Waals surface area contributed by atoms with Crippen LogP contribution in [0.2, 0.25) is 0 Å². The molecule has 8 nitrogen and oxygen atoms in total. The molecule has 1 aromatic heterocycles. The first-order valence-electron chi connectivity index (χ1n) is 10.8. The van der Waals surface area contributed by atoms with Crippen LogP contribution in [0.4, 0.5) is 0 Å². The predicted molar refractivity (Wildman–Crippen MR) is 121 cm³/mol. The number of nitrogens with zero attached hydrogens (tertiary/aromatic N) is 4. The van der Waals surface area contributed by atoms with Crippen LogP contribution in [-0.4, -0.2) is 73.0 Å². The highest BCUT2D eigenvalue weighted by atomic mass is 16.5. The first-order valence-corrected chi connectivity index (χ1v) is 10.8. The van der Waals surface area contributed by atoms with Crippen LogP contribution >= 0.6 is 0 Å². The molecule has 3 rings (SSSR count). The number of methoxy groups -OCH3 is 2. The zero-order chi connectivity index (χ0) is 23.4. The molecule has 1 aliphatic heterocycles. The number of likely N-dealkylation sites (tertiary alicyclic amines) is 1. The Morgan fingerprint density at radius 1 is 1.09 bits per heavy atom. The summed E-state index contributed by atoms with van der Waals surface area (Å²) < 4.78 is 10.8. The SMILES string of the molecule is COc1cccc(OC)c1C(=O)N1CCCC(c2nc(C)c(CC(=O)N(C)C)c(C)n2)C1. The highest BCUT2D eigenvalue weighted by Crippen LogP contribution is 2.32. The van der Waals surface area contributed by atoms with E-state index in [9.17, 15) is 9.59 Å². The van der Waals surface area contributed by atoms with Crippen molar-refractivity contribution in [3.8, 4) is 11.5 Å². The van der Waals surface area contributed by atoms with Crippen molar-refractivity contribution in [2.45, 2.75) is 39.0 Å². The van der Waals surface area contributed by atoms with E-state index in [4.69, 9.17) is 19.4 Å². The van der Waals surface area contributed by atoms with Crippen molar-refractivity contribution in [2.75, 3.05) is 41.4 Å². The second-order valence-corrected chi connectivity index (χ2v) is 8.32. The Bertz CT molecular complexity index is 960. The van der Waals surface area contributed by atoms with Crippen LogP contribution in [0.5, 0.6) is 11.5 Å². The Balaban J connectivity index is 1.84. The number of ether oxygens (including phenoxy) is 2. The van der Waals surface area contributed by atoms with Gasteiger partial charge in [0, 0.05) is 50.1 Å². The quantitative estimate of drug-likeness (QED) is 0.687. The van der Waals surface area contributed by atoms with E-state index >= 15 is 0 Å². The van der Waals surface area contributed by atoms with Gasteiger partial charge < -0.3 is 19.3 Å². The highest BCUT2D eigenvalue weighted by Gasteiger charge is 2.31. The molecule has 1 fully saturated rings. The van der Waals surface area contributed by atoms with E-state index in [-0.39, 0.29) is 24.2 Å². The fourth-order valence-corrected chi connectivity index (χ4v) is 4.11. The molecule has 1 saturated heterocycles. The van der Waals surface area contributed by atoms with E-state index in [0.29, 0.717) is 30.2 Å². The molecular weight excluding hydrogens is 408 g/mol. The minimum absolute atomic E-state index is 0.0211. The Labute approximate surface area is 189 Å². The van der Waals surface area contributed by atoms with Crippen LogP contribution in [0.1, 0.15) is 51.9 Å². The van der Waals surface area contributed by atoms with Gasteiger partial charge in [-0.3, -0.25) is 9.59 Å². The Hall–Kier alpha value is -3.16. The molecule has 0 radical (unpaired) electrons. The van der Waals surface area contributed by atoms with Gasteiger partial charge in [-0.15, -0.1) is 0 Å². The number of carbonyl (C=O) groups excluding carboxylic acids is 2. The lowest BCUT2D eigenvalue weighted by atomic mass is 9.95. The third-order valence-electron chi connectivity index (χ3n) is 5.98. The van der Waals surface area contributed by atoms with E-state index in [1.54, 1.807) is 51.4 Å². The number of hydrogen-bond acceptors (Lipinski definition) is 6. The lowest BCUT2D eigenvalue weighted by Crippen LogP contribution is -2.40. The summed E-state index contributed by atoms with van der Waals surface area (Å²) in [5.74, 6) is 1.65. The van der Waals surface area contributed by atoms with Crippen molar-refractivity contribution in [3.63, 3.8) is 0 Å². The van der Waals surface area contributed by atoms with Crippen molar-refractivity contribution in [1.82, 2.24) is 19.8 Å². The second kappa shape index (κ2) is 9.97. The molecule has 0 spiro atoms. The Kier molecular flexibility index (Phi) is 7.33. The average Bonchev–Trinajstić information content (AvgIpc) is 2.79. The summed E-state index contributed by atoms with van der Waals surface area (Å²) >= 11 is 0. The first kappa shape index (κ1) is 23.5. The van der Waals surface area contributed by atoms with Crippen molar-refractivity contribution >= 4 is 11.8 Å². The molecule has 8 heteroatoms. The third-order valence-corrected chi connectivity index (χ3v) is 5.98. The molecule has 2 heterocycles. The molecule has 1 atom stereocenters. The predicted octanol–water partition coefficient (Wildman–Crippen LogP) is 2.76. The van der Waals surface area contributed by atoms with Gasteiger partial charge in [0.2, 0.25) is 5.91 Å². The zero-order valence-corrected chi connectivity index (χ0v) is 19.8. The number of carbonyl (C=O) groups is 2. The van der Waals surface area contributed by atoms with Gasteiger partial charge in [0.25, 0.3) is 5.91 Å². The Morgan fingerprint density at radius 3 is 2.22 bits per heavy atom. The van der Waals surface area contributed by atoms with Crippen LogP contribution < -0.4 is 9.47 Å². The van der Waals surface area contributed by atoms with E-state index in [1.165, 1.54) is 0 Å². The van der Waals surface area contributed by atoms with Gasteiger partial charge in [0.15, 0.2) is 0 Å². The summed E-state index contributed by atoms with van der Waals surface area (Å²) in [5.41, 5.74) is 2.94. The monoisotopic (exact) mass is 440 g/mol. The molecule has 1 aliphatic rings. The molecule has 2 aromatic rings. The number of likely N-dealkylation sites (N-methyl/N-ethyl adjacent to an activating group) is 1. The van der Waals surface area contributed by atoms with Gasteiger partial charge in [-0.1, -0.05) is 6.07 Å². The molecule has 32 heavy (non-hydrogen) atoms. The molecule has 0 saturated carbocycles. The van der Waals surface area contributed by atoms with Crippen molar-refractivity contribution < 1.29 is 19.1 Å². The maximum atomic E-state index is 13.4. The minimum atomic E-state index is -0.120. The molecule has 0 N–H and O–H groups in total. The molecule has 1 unspecified atom stereocenters. The zero-order valence-electron chi connectivity index (χ0n) is 19.8. The van der Waals surface area contributed by atoms with E-state index in [2.05, 4.69) is 0 Å². The third kappa shape index (κ3) is 4.84. The summed E-state index contributed by atoms with van der Waals surface area (Å²) in [5, 5.41) is 0. The van der Waals surface area contributed by atoms with Crippen LogP contribution in [0.15, 0.2) is 18.2 Å². The number of hydrogen-bond donors (Lipinski definition) is 0.